The average Bonchev–Trinajstić information content (AvgIpc) is 2.93. The van der Waals surface area contributed by atoms with Crippen LogP contribution in [0.4, 0.5) is 5.69 Å². The second kappa shape index (κ2) is 10.6. The van der Waals surface area contributed by atoms with Crippen LogP contribution >= 0.6 is 0 Å². The number of fused-ring (bicyclic) bond motifs is 3. The van der Waals surface area contributed by atoms with E-state index in [9.17, 15) is 34.8 Å². The van der Waals surface area contributed by atoms with Gasteiger partial charge in [0, 0.05) is 38.4 Å². The fourth-order valence-electron chi connectivity index (χ4n) is 6.84. The van der Waals surface area contributed by atoms with Gasteiger partial charge in [-0.1, -0.05) is 30.3 Å². The van der Waals surface area contributed by atoms with Crippen molar-refractivity contribution < 1.29 is 34.8 Å². The molecule has 0 aromatic heterocycles. The van der Waals surface area contributed by atoms with E-state index in [1.165, 1.54) is 0 Å². The first-order valence-electron chi connectivity index (χ1n) is 13.8. The van der Waals surface area contributed by atoms with Gasteiger partial charge in [-0.2, -0.15) is 0 Å². The van der Waals surface area contributed by atoms with E-state index >= 15 is 0 Å². The normalized spacial score (nSPS) is 25.2. The summed E-state index contributed by atoms with van der Waals surface area (Å²) in [5.41, 5.74) is 2.96. The number of aliphatic hydroxyl groups is 3. The Morgan fingerprint density at radius 1 is 1.12 bits per heavy atom. The molecule has 5 rings (SSSR count). The molecule has 11 heteroatoms. The molecule has 3 aliphatic rings. The monoisotopic (exact) mass is 576 g/mol. The molecule has 222 valence electrons. The number of primary amides is 1. The molecule has 0 saturated heterocycles. The first kappa shape index (κ1) is 29.3. The quantitative estimate of drug-likeness (QED) is 0.178. The second-order valence-electron chi connectivity index (χ2n) is 11.5. The van der Waals surface area contributed by atoms with E-state index < -0.39 is 58.0 Å². The number of phenolic OH excluding ortho intramolecular Hbond substituents is 1. The lowest BCUT2D eigenvalue weighted by molar-refractivity contribution is -0.154. The van der Waals surface area contributed by atoms with E-state index in [0.717, 1.165) is 11.3 Å². The van der Waals surface area contributed by atoms with Gasteiger partial charge in [0.1, 0.15) is 17.1 Å². The van der Waals surface area contributed by atoms with Gasteiger partial charge >= 0.3 is 0 Å². The van der Waals surface area contributed by atoms with Crippen LogP contribution in [0.3, 0.4) is 0 Å². The van der Waals surface area contributed by atoms with Crippen molar-refractivity contribution in [2.45, 2.75) is 43.2 Å². The highest BCUT2D eigenvalue weighted by Gasteiger charge is 2.68. The zero-order chi connectivity index (χ0) is 30.6. The molecule has 11 nitrogen and oxygen atoms in total. The van der Waals surface area contributed by atoms with Crippen molar-refractivity contribution in [3.8, 4) is 5.75 Å². The van der Waals surface area contributed by atoms with E-state index in [2.05, 4.69) is 10.6 Å². The molecule has 42 heavy (non-hydrogen) atoms. The second-order valence-corrected chi connectivity index (χ2v) is 11.5. The highest BCUT2D eigenvalue weighted by Crippen LogP contribution is 2.55. The summed E-state index contributed by atoms with van der Waals surface area (Å²) in [6.07, 6.45) is 0.766. The predicted octanol–water partition coefficient (Wildman–Crippen LogP) is 1.16. The van der Waals surface area contributed by atoms with Gasteiger partial charge in [0.05, 0.1) is 11.1 Å². The average molecular weight is 577 g/mol. The van der Waals surface area contributed by atoms with Crippen molar-refractivity contribution >= 4 is 28.9 Å². The van der Waals surface area contributed by atoms with Gasteiger partial charge in [0.25, 0.3) is 5.91 Å². The molecule has 3 atom stereocenters. The molecule has 1 saturated carbocycles. The van der Waals surface area contributed by atoms with Crippen LogP contribution < -0.4 is 21.3 Å². The number of anilines is 1. The number of carbonyl (C=O) groups excluding carboxylic acids is 3. The summed E-state index contributed by atoms with van der Waals surface area (Å²) < 4.78 is 0. The zero-order valence-electron chi connectivity index (χ0n) is 23.8. The Kier molecular flexibility index (Phi) is 7.38. The topological polar surface area (TPSA) is 185 Å². The first-order valence-corrected chi connectivity index (χ1v) is 13.8. The minimum Gasteiger partial charge on any atom is -0.508 e. The van der Waals surface area contributed by atoms with Crippen LogP contribution in [0.2, 0.25) is 0 Å². The molecule has 0 heterocycles. The summed E-state index contributed by atoms with van der Waals surface area (Å²) in [4.78, 5) is 41.2. The number of nitrogens with one attached hydrogen (secondary N) is 2. The maximum Gasteiger partial charge on any atom is 0.255 e. The Morgan fingerprint density at radius 3 is 2.43 bits per heavy atom. The number of rotatable bonds is 8. The van der Waals surface area contributed by atoms with Gasteiger partial charge in [0.15, 0.2) is 11.5 Å². The lowest BCUT2D eigenvalue weighted by atomic mass is 9.55. The third kappa shape index (κ3) is 4.27. The molecule has 0 aliphatic heterocycles. The Bertz CT molecular complexity index is 1550. The van der Waals surface area contributed by atoms with Crippen LogP contribution in [0.5, 0.6) is 5.75 Å². The number of hydrogen-bond acceptors (Lipinski definition) is 10. The van der Waals surface area contributed by atoms with Crippen LogP contribution in [0.1, 0.15) is 35.1 Å². The molecular weight excluding hydrogens is 540 g/mol. The number of nitrogens with zero attached hydrogens (tertiary/aromatic N) is 1. The van der Waals surface area contributed by atoms with Gasteiger partial charge in [0.2, 0.25) is 11.4 Å². The van der Waals surface area contributed by atoms with Crippen LogP contribution in [-0.2, 0) is 33.6 Å². The summed E-state index contributed by atoms with van der Waals surface area (Å²) in [7, 11) is 5.31. The van der Waals surface area contributed by atoms with Crippen molar-refractivity contribution in [2.75, 3.05) is 32.7 Å². The third-order valence-corrected chi connectivity index (χ3v) is 8.85. The number of nitrogens with two attached hydrogens (primary N) is 1. The van der Waals surface area contributed by atoms with Gasteiger partial charge in [-0.05, 0) is 61.4 Å². The van der Waals surface area contributed by atoms with Crippen LogP contribution in [0.25, 0.3) is 5.76 Å². The van der Waals surface area contributed by atoms with Crippen molar-refractivity contribution in [3.05, 3.63) is 75.6 Å². The summed E-state index contributed by atoms with van der Waals surface area (Å²) >= 11 is 0. The van der Waals surface area contributed by atoms with Crippen molar-refractivity contribution in [1.29, 1.82) is 0 Å². The van der Waals surface area contributed by atoms with E-state index in [4.69, 9.17) is 5.73 Å². The summed E-state index contributed by atoms with van der Waals surface area (Å²) in [6, 6.07) is 11.6. The Balaban J connectivity index is 1.69. The highest BCUT2D eigenvalue weighted by atomic mass is 16.4. The number of Topliss-reactive ketones (excluding diaryl/α,β-unsaturated/α-hetero) is 2. The van der Waals surface area contributed by atoms with Crippen LogP contribution in [0.15, 0.2) is 53.3 Å². The van der Waals surface area contributed by atoms with Crippen molar-refractivity contribution in [3.63, 3.8) is 0 Å². The highest BCUT2D eigenvalue weighted by molar-refractivity contribution is 6.23. The van der Waals surface area contributed by atoms with E-state index in [-0.39, 0.29) is 36.4 Å². The third-order valence-electron chi connectivity index (χ3n) is 8.85. The Hall–Kier alpha value is -4.19. The van der Waals surface area contributed by atoms with Gasteiger partial charge < -0.3 is 36.4 Å². The van der Waals surface area contributed by atoms with Crippen LogP contribution in [0, 0.1) is 5.92 Å². The Morgan fingerprint density at radius 2 is 1.81 bits per heavy atom. The van der Waals surface area contributed by atoms with Gasteiger partial charge in [-0.3, -0.25) is 19.7 Å². The fraction of sp³-hybridized carbons (Fsp3) is 0.387. The maximum absolute atomic E-state index is 14.2. The van der Waals surface area contributed by atoms with Crippen molar-refractivity contribution in [2.24, 2.45) is 11.7 Å². The van der Waals surface area contributed by atoms with Crippen LogP contribution in [-0.4, -0.2) is 76.9 Å². The fourth-order valence-corrected chi connectivity index (χ4v) is 6.84. The maximum atomic E-state index is 14.2. The number of amides is 1. The molecule has 0 unspecified atom stereocenters. The number of benzene rings is 2. The molecule has 2 aromatic carbocycles. The van der Waals surface area contributed by atoms with E-state index in [0.29, 0.717) is 24.0 Å². The zero-order valence-corrected chi connectivity index (χ0v) is 23.8. The standard InChI is InChI=1S/C31H36N4O7/c1-33-15-34-30-13-18-11-19-20(35(2)3)12-17(10-9-16-7-5-4-6-8-16)25(37)23(19)26(38)22(18)27(39)31(30,42)28(40)24(29(32)41)21(36)14-30/h4-8,12,18,33-34,37-38,40,42H,9-11,13-15H2,1-3H3,(H2,32,41)/t18-,30+,31-/m0/s1. The molecule has 1 fully saturated rings. The lowest BCUT2D eigenvalue weighted by Gasteiger charge is -2.54. The number of aryl methyl sites for hydroxylation is 2. The van der Waals surface area contributed by atoms with Gasteiger partial charge in [-0.25, -0.2) is 0 Å². The first-order chi connectivity index (χ1) is 19.9. The molecule has 0 spiro atoms. The molecule has 3 aliphatic carbocycles. The number of ketones is 2. The number of carbonyl (C=O) groups is 3. The largest absolute Gasteiger partial charge is 0.508 e. The number of aromatic hydroxyl groups is 1. The number of phenols is 1. The number of hydrogen-bond donors (Lipinski definition) is 7. The summed E-state index contributed by atoms with van der Waals surface area (Å²) in [5, 5.41) is 52.2. The molecule has 0 radical (unpaired) electrons. The molecule has 0 bridgehead atoms. The smallest absolute Gasteiger partial charge is 0.255 e. The molecule has 2 aromatic rings. The van der Waals surface area contributed by atoms with Gasteiger partial charge in [-0.15, -0.1) is 0 Å². The number of aliphatic hydroxyl groups excluding tert-OH is 2. The minimum absolute atomic E-state index is 0.0407. The molecule has 1 amide bonds. The lowest BCUT2D eigenvalue weighted by Crippen LogP contribution is -2.74. The predicted molar refractivity (Wildman–Crippen MR) is 156 cm³/mol. The summed E-state index contributed by atoms with van der Waals surface area (Å²) in [6.45, 7) is 0.0604. The van der Waals surface area contributed by atoms with E-state index in [1.807, 2.05) is 55.4 Å². The molecular formula is C31H36N4O7. The van der Waals surface area contributed by atoms with Crippen molar-refractivity contribution in [1.82, 2.24) is 10.6 Å². The SMILES string of the molecule is CNCN[C@]12CC(=O)C(C(N)=O)=C(O)[C@@]1(O)C(=O)C1=C(O)c3c(O)c(CCc4ccccc4)cc(N(C)C)c3C[C@H]1C2. The minimum atomic E-state index is -2.77. The molecule has 8 N–H and O–H groups in total. The summed E-state index contributed by atoms with van der Waals surface area (Å²) in [5.74, 6) is -5.63. The Labute approximate surface area is 243 Å². The van der Waals surface area contributed by atoms with E-state index in [1.54, 1.807) is 7.05 Å².